The van der Waals surface area contributed by atoms with Gasteiger partial charge in [-0.2, -0.15) is 13.2 Å². The molecule has 10 heteroatoms. The van der Waals surface area contributed by atoms with Crippen LogP contribution in [0.3, 0.4) is 0 Å². The molecule has 4 rings (SSSR count). The van der Waals surface area contributed by atoms with Crippen molar-refractivity contribution in [2.24, 2.45) is 0 Å². The molecule has 2 aliphatic heterocycles. The van der Waals surface area contributed by atoms with Crippen molar-refractivity contribution in [3.8, 4) is 0 Å². The number of H-pyrrole nitrogens is 1. The number of fused-ring (bicyclic) bond motifs is 1. The standard InChI is InChI=1S/C21H24F3N5O2/c22-21(23,24)17-12-18(30)27-20(26-17)25-15-7-10-28(11-8-15)13-19(31)29-9-3-5-14-4-1-2-6-16(14)29/h1-2,4,6,12,15H,3,5,7-11,13H2,(H2,25,26,27,30). The van der Waals surface area contributed by atoms with Gasteiger partial charge in [-0.05, 0) is 37.3 Å². The van der Waals surface area contributed by atoms with Gasteiger partial charge in [0.25, 0.3) is 5.56 Å². The Bertz CT molecular complexity index is 999. The van der Waals surface area contributed by atoms with Crippen LogP contribution < -0.4 is 15.8 Å². The lowest BCUT2D eigenvalue weighted by atomic mass is 10.0. The second-order valence-corrected chi connectivity index (χ2v) is 7.95. The van der Waals surface area contributed by atoms with E-state index in [4.69, 9.17) is 0 Å². The lowest BCUT2D eigenvalue weighted by Gasteiger charge is -2.35. The summed E-state index contributed by atoms with van der Waals surface area (Å²) in [5.41, 5.74) is 0.0979. The summed E-state index contributed by atoms with van der Waals surface area (Å²) < 4.78 is 38.6. The number of benzene rings is 1. The number of para-hydroxylation sites is 1. The second kappa shape index (κ2) is 8.70. The number of hydrogen-bond donors (Lipinski definition) is 2. The average molecular weight is 435 g/mol. The predicted molar refractivity (Wildman–Crippen MR) is 110 cm³/mol. The van der Waals surface area contributed by atoms with Crippen LogP contribution in [-0.2, 0) is 17.4 Å². The Morgan fingerprint density at radius 2 is 1.94 bits per heavy atom. The van der Waals surface area contributed by atoms with E-state index in [2.05, 4.69) is 26.3 Å². The number of hydrogen-bond acceptors (Lipinski definition) is 5. The van der Waals surface area contributed by atoms with Crippen molar-refractivity contribution in [3.63, 3.8) is 0 Å². The van der Waals surface area contributed by atoms with Crippen molar-refractivity contribution in [2.45, 2.75) is 37.9 Å². The van der Waals surface area contributed by atoms with E-state index in [1.165, 1.54) is 5.56 Å². The van der Waals surface area contributed by atoms with Gasteiger partial charge in [-0.15, -0.1) is 0 Å². The van der Waals surface area contributed by atoms with Crippen LogP contribution in [0, 0.1) is 0 Å². The van der Waals surface area contributed by atoms with Gasteiger partial charge in [0.15, 0.2) is 5.69 Å². The molecule has 2 aromatic rings. The minimum Gasteiger partial charge on any atom is -0.353 e. The average Bonchev–Trinajstić information content (AvgIpc) is 2.73. The number of piperidine rings is 1. The number of halogens is 3. The third-order valence-electron chi connectivity index (χ3n) is 5.73. The normalized spacial score (nSPS) is 18.0. The highest BCUT2D eigenvalue weighted by Gasteiger charge is 2.34. The zero-order valence-electron chi connectivity index (χ0n) is 16.9. The van der Waals surface area contributed by atoms with Gasteiger partial charge in [0.05, 0.1) is 6.54 Å². The lowest BCUT2D eigenvalue weighted by Crippen LogP contribution is -2.46. The van der Waals surface area contributed by atoms with E-state index in [0.29, 0.717) is 45.1 Å². The van der Waals surface area contributed by atoms with E-state index in [-0.39, 0.29) is 17.9 Å². The molecule has 0 radical (unpaired) electrons. The van der Waals surface area contributed by atoms with Gasteiger partial charge in [-0.3, -0.25) is 19.5 Å². The number of alkyl halides is 3. The number of aromatic nitrogens is 2. The fourth-order valence-electron chi connectivity index (χ4n) is 4.17. The van der Waals surface area contributed by atoms with Gasteiger partial charge in [0.1, 0.15) is 0 Å². The van der Waals surface area contributed by atoms with E-state index in [0.717, 1.165) is 18.5 Å². The molecule has 0 atom stereocenters. The largest absolute Gasteiger partial charge is 0.433 e. The number of anilines is 2. The topological polar surface area (TPSA) is 81.3 Å². The first-order valence-electron chi connectivity index (χ1n) is 10.4. The first-order valence-corrected chi connectivity index (χ1v) is 10.4. The zero-order valence-corrected chi connectivity index (χ0v) is 16.9. The number of rotatable bonds is 4. The number of aryl methyl sites for hydroxylation is 1. The molecule has 0 unspecified atom stereocenters. The van der Waals surface area contributed by atoms with Crippen molar-refractivity contribution >= 4 is 17.5 Å². The van der Waals surface area contributed by atoms with Crippen LogP contribution in [0.25, 0.3) is 0 Å². The SMILES string of the molecule is O=C(CN1CCC(Nc2nc(C(F)(F)F)cc(=O)[nH]2)CC1)N1CCCc2ccccc21. The Labute approximate surface area is 177 Å². The number of likely N-dealkylation sites (tertiary alicyclic amines) is 1. The Hall–Kier alpha value is -2.88. The van der Waals surface area contributed by atoms with E-state index in [1.54, 1.807) is 0 Å². The monoisotopic (exact) mass is 435 g/mol. The van der Waals surface area contributed by atoms with Crippen molar-refractivity contribution < 1.29 is 18.0 Å². The molecule has 1 fully saturated rings. The fourth-order valence-corrected chi connectivity index (χ4v) is 4.17. The van der Waals surface area contributed by atoms with Gasteiger partial charge in [-0.25, -0.2) is 4.98 Å². The molecule has 0 spiro atoms. The van der Waals surface area contributed by atoms with Crippen molar-refractivity contribution in [2.75, 3.05) is 36.4 Å². The van der Waals surface area contributed by atoms with Gasteiger partial charge < -0.3 is 10.2 Å². The molecule has 7 nitrogen and oxygen atoms in total. The van der Waals surface area contributed by atoms with Crippen molar-refractivity contribution in [1.29, 1.82) is 0 Å². The molecule has 3 heterocycles. The highest BCUT2D eigenvalue weighted by atomic mass is 19.4. The van der Waals surface area contributed by atoms with Crippen LogP contribution in [0.4, 0.5) is 24.8 Å². The summed E-state index contributed by atoms with van der Waals surface area (Å²) in [7, 11) is 0. The van der Waals surface area contributed by atoms with Crippen LogP contribution in [0.15, 0.2) is 35.1 Å². The van der Waals surface area contributed by atoms with E-state index >= 15 is 0 Å². The maximum Gasteiger partial charge on any atom is 0.433 e. The molecular formula is C21H24F3N5O2. The molecule has 0 bridgehead atoms. The highest BCUT2D eigenvalue weighted by Crippen LogP contribution is 2.28. The molecule has 1 aromatic carbocycles. The molecular weight excluding hydrogens is 411 g/mol. The number of nitrogens with one attached hydrogen (secondary N) is 2. The van der Waals surface area contributed by atoms with Crippen LogP contribution in [0.2, 0.25) is 0 Å². The maximum atomic E-state index is 12.9. The van der Waals surface area contributed by atoms with E-state index in [1.807, 2.05) is 23.1 Å². The summed E-state index contributed by atoms with van der Waals surface area (Å²) in [6.07, 6.45) is -1.51. The smallest absolute Gasteiger partial charge is 0.353 e. The first kappa shape index (κ1) is 21.4. The molecule has 1 aromatic heterocycles. The minimum atomic E-state index is -4.68. The first-order chi connectivity index (χ1) is 14.8. The molecule has 0 aliphatic carbocycles. The van der Waals surface area contributed by atoms with Crippen LogP contribution >= 0.6 is 0 Å². The predicted octanol–water partition coefficient (Wildman–Crippen LogP) is 2.64. The van der Waals surface area contributed by atoms with E-state index in [9.17, 15) is 22.8 Å². The Kier molecular flexibility index (Phi) is 5.99. The van der Waals surface area contributed by atoms with E-state index < -0.39 is 17.4 Å². The fraction of sp³-hybridized carbons (Fsp3) is 0.476. The van der Waals surface area contributed by atoms with Crippen LogP contribution in [0.5, 0.6) is 0 Å². The summed E-state index contributed by atoms with van der Waals surface area (Å²) in [4.78, 5) is 34.1. The van der Waals surface area contributed by atoms with Crippen molar-refractivity contribution in [1.82, 2.24) is 14.9 Å². The lowest BCUT2D eigenvalue weighted by molar-refractivity contribution is -0.141. The number of amides is 1. The maximum absolute atomic E-state index is 12.9. The molecule has 1 saturated heterocycles. The van der Waals surface area contributed by atoms with Gasteiger partial charge in [-0.1, -0.05) is 18.2 Å². The zero-order chi connectivity index (χ0) is 22.0. The highest BCUT2D eigenvalue weighted by molar-refractivity contribution is 5.95. The summed E-state index contributed by atoms with van der Waals surface area (Å²) in [5, 5.41) is 2.90. The minimum absolute atomic E-state index is 0.0578. The number of carbonyl (C=O) groups excluding carboxylic acids is 1. The molecule has 2 N–H and O–H groups in total. The Morgan fingerprint density at radius 1 is 1.19 bits per heavy atom. The number of carbonyl (C=O) groups is 1. The molecule has 31 heavy (non-hydrogen) atoms. The van der Waals surface area contributed by atoms with Gasteiger partial charge >= 0.3 is 6.18 Å². The Balaban J connectivity index is 1.32. The van der Waals surface area contributed by atoms with Crippen LogP contribution in [-0.4, -0.2) is 53.0 Å². The summed E-state index contributed by atoms with van der Waals surface area (Å²) >= 11 is 0. The second-order valence-electron chi connectivity index (χ2n) is 7.95. The van der Waals surface area contributed by atoms with Gasteiger partial charge in [0.2, 0.25) is 11.9 Å². The van der Waals surface area contributed by atoms with Crippen LogP contribution in [0.1, 0.15) is 30.5 Å². The summed E-state index contributed by atoms with van der Waals surface area (Å²) in [6, 6.07) is 8.26. The quantitative estimate of drug-likeness (QED) is 0.772. The number of nitrogens with zero attached hydrogens (tertiary/aromatic N) is 3. The molecule has 166 valence electrons. The Morgan fingerprint density at radius 3 is 2.68 bits per heavy atom. The summed E-state index contributed by atoms with van der Waals surface area (Å²) in [6.45, 7) is 2.27. The number of aromatic amines is 1. The van der Waals surface area contributed by atoms with Gasteiger partial charge in [0, 0.05) is 37.4 Å². The molecule has 2 aliphatic rings. The molecule has 1 amide bonds. The third kappa shape index (κ3) is 5.07. The summed E-state index contributed by atoms with van der Waals surface area (Å²) in [5.74, 6) is -0.123. The van der Waals surface area contributed by atoms with Crippen molar-refractivity contribution in [3.05, 3.63) is 51.9 Å². The third-order valence-corrected chi connectivity index (χ3v) is 5.73. The molecule has 0 saturated carbocycles.